The van der Waals surface area contributed by atoms with E-state index in [2.05, 4.69) is 10.3 Å². The molecular weight excluding hydrogens is 367 g/mol. The Hall–Kier alpha value is -2.93. The van der Waals surface area contributed by atoms with E-state index in [1.807, 2.05) is 12.1 Å². The molecule has 3 aromatic rings. The number of hydrogen-bond donors (Lipinski definition) is 1. The van der Waals surface area contributed by atoms with Gasteiger partial charge in [-0.1, -0.05) is 18.2 Å². The average molecular weight is 386 g/mol. The van der Waals surface area contributed by atoms with Gasteiger partial charge in [0.15, 0.2) is 11.5 Å². The van der Waals surface area contributed by atoms with Crippen LogP contribution in [-0.2, 0) is 17.8 Å². The summed E-state index contributed by atoms with van der Waals surface area (Å²) in [6.07, 6.45) is 1.81. The van der Waals surface area contributed by atoms with Crippen LogP contribution in [0.15, 0.2) is 48.7 Å². The molecule has 1 heterocycles. The lowest BCUT2D eigenvalue weighted by Crippen LogP contribution is -2.24. The fourth-order valence-corrected chi connectivity index (χ4v) is 3.50. The molecule has 0 bridgehead atoms. The maximum atomic E-state index is 13.8. The maximum absolute atomic E-state index is 13.8. The van der Waals surface area contributed by atoms with Gasteiger partial charge >= 0.3 is 0 Å². The van der Waals surface area contributed by atoms with E-state index in [1.165, 1.54) is 17.4 Å². The fourth-order valence-electron chi connectivity index (χ4n) is 2.56. The lowest BCUT2D eigenvalue weighted by molar-refractivity contribution is -0.120. The van der Waals surface area contributed by atoms with Crippen molar-refractivity contribution in [3.05, 3.63) is 64.9 Å². The van der Waals surface area contributed by atoms with Gasteiger partial charge in [-0.2, -0.15) is 0 Å². The highest BCUT2D eigenvalue weighted by Gasteiger charge is 2.12. The normalized spacial score (nSPS) is 10.5. The summed E-state index contributed by atoms with van der Waals surface area (Å²) in [5, 5.41) is 3.43. The average Bonchev–Trinajstić information content (AvgIpc) is 3.14. The minimum atomic E-state index is -0.323. The summed E-state index contributed by atoms with van der Waals surface area (Å²) < 4.78 is 24.3. The van der Waals surface area contributed by atoms with Crippen LogP contribution in [0.1, 0.15) is 10.4 Å². The second-order valence-electron chi connectivity index (χ2n) is 5.75. The molecule has 0 aliphatic heterocycles. The first-order valence-corrected chi connectivity index (χ1v) is 9.09. The Morgan fingerprint density at radius 3 is 2.67 bits per heavy atom. The van der Waals surface area contributed by atoms with E-state index in [9.17, 15) is 9.18 Å². The number of ether oxygens (including phenoxy) is 2. The van der Waals surface area contributed by atoms with Gasteiger partial charge in [0.1, 0.15) is 10.8 Å². The standard InChI is InChI=1S/C20H19FN2O3S/c1-25-17-8-7-13(9-18(17)26-2)11-22-19(24)10-14-12-23-20(27-14)15-5-3-4-6-16(15)21/h3-9,12H,10-11H2,1-2H3,(H,22,24). The van der Waals surface area contributed by atoms with Crippen LogP contribution in [0.25, 0.3) is 10.6 Å². The van der Waals surface area contributed by atoms with Crippen LogP contribution in [-0.4, -0.2) is 25.1 Å². The van der Waals surface area contributed by atoms with Crippen molar-refractivity contribution in [1.82, 2.24) is 10.3 Å². The number of carbonyl (C=O) groups is 1. The first-order chi connectivity index (χ1) is 13.1. The van der Waals surface area contributed by atoms with Crippen LogP contribution < -0.4 is 14.8 Å². The van der Waals surface area contributed by atoms with Crippen LogP contribution in [0.2, 0.25) is 0 Å². The lowest BCUT2D eigenvalue weighted by Gasteiger charge is -2.10. The van der Waals surface area contributed by atoms with E-state index in [0.717, 1.165) is 10.4 Å². The molecule has 0 saturated heterocycles. The van der Waals surface area contributed by atoms with Gasteiger partial charge in [0, 0.05) is 23.2 Å². The van der Waals surface area contributed by atoms with Crippen molar-refractivity contribution < 1.29 is 18.7 Å². The van der Waals surface area contributed by atoms with Crippen molar-refractivity contribution in [2.24, 2.45) is 0 Å². The quantitative estimate of drug-likeness (QED) is 0.671. The summed E-state index contributed by atoms with van der Waals surface area (Å²) in [5.74, 6) is 0.795. The Balaban J connectivity index is 1.60. The number of aromatic nitrogens is 1. The van der Waals surface area contributed by atoms with Crippen molar-refractivity contribution in [2.75, 3.05) is 14.2 Å². The summed E-state index contributed by atoms with van der Waals surface area (Å²) >= 11 is 1.31. The topological polar surface area (TPSA) is 60.5 Å². The molecule has 7 heteroatoms. The number of nitrogens with zero attached hydrogens (tertiary/aromatic N) is 1. The lowest BCUT2D eigenvalue weighted by atomic mass is 10.2. The number of carbonyl (C=O) groups excluding carboxylic acids is 1. The predicted octanol–water partition coefficient (Wildman–Crippen LogP) is 3.83. The highest BCUT2D eigenvalue weighted by molar-refractivity contribution is 7.15. The molecule has 2 aromatic carbocycles. The van der Waals surface area contributed by atoms with Crippen molar-refractivity contribution in [2.45, 2.75) is 13.0 Å². The first-order valence-electron chi connectivity index (χ1n) is 8.28. The number of thiazole rings is 1. The van der Waals surface area contributed by atoms with E-state index >= 15 is 0 Å². The third-order valence-corrected chi connectivity index (χ3v) is 4.96. The van der Waals surface area contributed by atoms with Gasteiger partial charge in [0.2, 0.25) is 5.91 Å². The Morgan fingerprint density at radius 2 is 1.93 bits per heavy atom. The summed E-state index contributed by atoms with van der Waals surface area (Å²) in [6, 6.07) is 11.9. The molecule has 1 aromatic heterocycles. The molecule has 5 nitrogen and oxygen atoms in total. The smallest absolute Gasteiger partial charge is 0.225 e. The molecule has 0 saturated carbocycles. The molecule has 0 fully saturated rings. The van der Waals surface area contributed by atoms with Gasteiger partial charge in [0.05, 0.1) is 20.6 Å². The Bertz CT molecular complexity index is 942. The molecule has 0 spiro atoms. The first kappa shape index (κ1) is 18.8. The van der Waals surface area contributed by atoms with Crippen molar-refractivity contribution in [1.29, 1.82) is 0 Å². The number of hydrogen-bond acceptors (Lipinski definition) is 5. The van der Waals surface area contributed by atoms with Crippen LogP contribution in [0.3, 0.4) is 0 Å². The van der Waals surface area contributed by atoms with E-state index < -0.39 is 0 Å². The number of nitrogens with one attached hydrogen (secondary N) is 1. The molecular formula is C20H19FN2O3S. The van der Waals surface area contributed by atoms with E-state index in [-0.39, 0.29) is 18.1 Å². The fraction of sp³-hybridized carbons (Fsp3) is 0.200. The Morgan fingerprint density at radius 1 is 1.15 bits per heavy atom. The second-order valence-corrected chi connectivity index (χ2v) is 6.87. The van der Waals surface area contributed by atoms with Gasteiger partial charge in [-0.15, -0.1) is 11.3 Å². The van der Waals surface area contributed by atoms with E-state index in [0.29, 0.717) is 28.6 Å². The van der Waals surface area contributed by atoms with Gasteiger partial charge < -0.3 is 14.8 Å². The molecule has 0 unspecified atom stereocenters. The largest absolute Gasteiger partial charge is 0.493 e. The Labute approximate surface area is 160 Å². The van der Waals surface area contributed by atoms with E-state index in [1.54, 1.807) is 44.7 Å². The molecule has 1 N–H and O–H groups in total. The third kappa shape index (κ3) is 4.62. The predicted molar refractivity (Wildman–Crippen MR) is 103 cm³/mol. The van der Waals surface area contributed by atoms with Gasteiger partial charge in [-0.05, 0) is 29.8 Å². The van der Waals surface area contributed by atoms with Crippen LogP contribution >= 0.6 is 11.3 Å². The van der Waals surface area contributed by atoms with Crippen molar-refractivity contribution in [3.8, 4) is 22.1 Å². The minimum Gasteiger partial charge on any atom is -0.493 e. The number of halogens is 1. The highest BCUT2D eigenvalue weighted by atomic mass is 32.1. The molecule has 0 atom stereocenters. The minimum absolute atomic E-state index is 0.131. The molecule has 0 radical (unpaired) electrons. The molecule has 0 aliphatic rings. The number of amides is 1. The van der Waals surface area contributed by atoms with Gasteiger partial charge in [-0.25, -0.2) is 9.37 Å². The van der Waals surface area contributed by atoms with Crippen LogP contribution in [0.4, 0.5) is 4.39 Å². The molecule has 140 valence electrons. The van der Waals surface area contributed by atoms with Crippen molar-refractivity contribution in [3.63, 3.8) is 0 Å². The number of benzene rings is 2. The summed E-state index contributed by atoms with van der Waals surface area (Å²) in [4.78, 5) is 17.2. The molecule has 3 rings (SSSR count). The number of rotatable bonds is 7. The van der Waals surface area contributed by atoms with Crippen LogP contribution in [0, 0.1) is 5.82 Å². The second kappa shape index (κ2) is 8.64. The molecule has 0 aliphatic carbocycles. The molecule has 27 heavy (non-hydrogen) atoms. The zero-order valence-electron chi connectivity index (χ0n) is 15.0. The van der Waals surface area contributed by atoms with E-state index in [4.69, 9.17) is 9.47 Å². The Kier molecular flexibility index (Phi) is 6.03. The van der Waals surface area contributed by atoms with Gasteiger partial charge in [-0.3, -0.25) is 4.79 Å². The zero-order valence-corrected chi connectivity index (χ0v) is 15.8. The SMILES string of the molecule is COc1ccc(CNC(=O)Cc2cnc(-c3ccccc3F)s2)cc1OC. The molecule has 1 amide bonds. The summed E-state index contributed by atoms with van der Waals surface area (Å²) in [7, 11) is 3.14. The maximum Gasteiger partial charge on any atom is 0.225 e. The summed E-state index contributed by atoms with van der Waals surface area (Å²) in [6.45, 7) is 0.373. The number of methoxy groups -OCH3 is 2. The van der Waals surface area contributed by atoms with Crippen LogP contribution in [0.5, 0.6) is 11.5 Å². The third-order valence-electron chi connectivity index (χ3n) is 3.93. The van der Waals surface area contributed by atoms with Crippen molar-refractivity contribution >= 4 is 17.2 Å². The zero-order chi connectivity index (χ0) is 19.2. The monoisotopic (exact) mass is 386 g/mol. The summed E-state index contributed by atoms with van der Waals surface area (Å²) in [5.41, 5.74) is 1.34. The highest BCUT2D eigenvalue weighted by Crippen LogP contribution is 2.28. The van der Waals surface area contributed by atoms with Gasteiger partial charge in [0.25, 0.3) is 0 Å².